The number of nitrogens with one attached hydrogen (secondary N) is 1. The molecule has 0 bridgehead atoms. The number of aliphatic hydroxyl groups excluding tert-OH is 1. The Morgan fingerprint density at radius 1 is 1.19 bits per heavy atom. The molecule has 1 fully saturated rings. The number of aromatic nitrogens is 2. The number of anilines is 1. The third-order valence-corrected chi connectivity index (χ3v) is 5.14. The van der Waals surface area contributed by atoms with Crippen LogP contribution in [0.1, 0.15) is 36.6 Å². The van der Waals surface area contributed by atoms with Crippen LogP contribution in [0.3, 0.4) is 0 Å². The van der Waals surface area contributed by atoms with E-state index in [-0.39, 0.29) is 24.5 Å². The van der Waals surface area contributed by atoms with Gasteiger partial charge in [-0.05, 0) is 36.1 Å². The van der Waals surface area contributed by atoms with Gasteiger partial charge < -0.3 is 15.3 Å². The molecule has 1 amide bonds. The molecule has 0 spiro atoms. The van der Waals surface area contributed by atoms with E-state index in [1.165, 1.54) is 5.56 Å². The number of aryl methyl sites for hydroxylation is 1. The van der Waals surface area contributed by atoms with Gasteiger partial charge in [-0.25, -0.2) is 0 Å². The van der Waals surface area contributed by atoms with Crippen LogP contribution in [0.5, 0.6) is 0 Å². The van der Waals surface area contributed by atoms with Gasteiger partial charge in [0, 0.05) is 25.6 Å². The van der Waals surface area contributed by atoms with Crippen LogP contribution in [-0.2, 0) is 11.2 Å². The van der Waals surface area contributed by atoms with Crippen molar-refractivity contribution in [2.75, 3.05) is 24.6 Å². The predicted molar refractivity (Wildman–Crippen MR) is 106 cm³/mol. The van der Waals surface area contributed by atoms with Crippen LogP contribution >= 0.6 is 0 Å². The van der Waals surface area contributed by atoms with Crippen LogP contribution < -0.4 is 10.2 Å². The Kier molecular flexibility index (Phi) is 6.06. The second kappa shape index (κ2) is 8.48. The maximum atomic E-state index is 12.5. The summed E-state index contributed by atoms with van der Waals surface area (Å²) in [7, 11) is 0. The van der Waals surface area contributed by atoms with Crippen molar-refractivity contribution in [3.05, 3.63) is 53.2 Å². The normalized spacial score (nSPS) is 19.5. The van der Waals surface area contributed by atoms with Crippen molar-refractivity contribution in [3.63, 3.8) is 0 Å². The van der Waals surface area contributed by atoms with E-state index >= 15 is 0 Å². The van der Waals surface area contributed by atoms with Gasteiger partial charge in [0.1, 0.15) is 0 Å². The van der Waals surface area contributed by atoms with Crippen molar-refractivity contribution in [2.24, 2.45) is 5.92 Å². The number of aliphatic hydroxyl groups is 1. The molecule has 0 unspecified atom stereocenters. The number of rotatable bonds is 6. The lowest BCUT2D eigenvalue weighted by molar-refractivity contribution is -0.121. The van der Waals surface area contributed by atoms with Crippen molar-refractivity contribution in [2.45, 2.75) is 39.2 Å². The molecule has 6 nitrogen and oxygen atoms in total. The Balaban J connectivity index is 1.59. The fourth-order valence-electron chi connectivity index (χ4n) is 3.43. The number of carbonyl (C=O) groups excluding carboxylic acids is 1. The van der Waals surface area contributed by atoms with Gasteiger partial charge in [-0.1, -0.05) is 38.1 Å². The Labute approximate surface area is 160 Å². The fraction of sp³-hybridized carbons (Fsp3) is 0.476. The third kappa shape index (κ3) is 4.83. The highest BCUT2D eigenvalue weighted by molar-refractivity contribution is 5.79. The minimum Gasteiger partial charge on any atom is -0.396 e. The monoisotopic (exact) mass is 368 g/mol. The van der Waals surface area contributed by atoms with Gasteiger partial charge in [0.2, 0.25) is 5.91 Å². The lowest BCUT2D eigenvalue weighted by Crippen LogP contribution is -2.42. The van der Waals surface area contributed by atoms with Crippen molar-refractivity contribution >= 4 is 11.7 Å². The molecule has 0 aliphatic carbocycles. The van der Waals surface area contributed by atoms with Gasteiger partial charge in [0.05, 0.1) is 18.2 Å². The molecule has 1 aromatic carbocycles. The highest BCUT2D eigenvalue weighted by atomic mass is 16.3. The molecule has 1 aliphatic heterocycles. The standard InChI is InChI=1S/C21H28N4O2/c1-14(2)17-7-5-16(6-8-17)10-21(27)22-19-12-25(11-18(19)13-26)20-9-4-15(3)23-24-20/h4-9,14,18-19,26H,10-13H2,1-3H3,(H,22,27)/t18-,19-/m1/s1. The van der Waals surface area contributed by atoms with Gasteiger partial charge in [-0.15, -0.1) is 5.10 Å². The van der Waals surface area contributed by atoms with E-state index < -0.39 is 0 Å². The Morgan fingerprint density at radius 3 is 2.52 bits per heavy atom. The SMILES string of the molecule is Cc1ccc(N2C[C@H](CO)[C@H](NC(=O)Cc3ccc(C(C)C)cc3)C2)nn1. The number of amides is 1. The molecule has 3 rings (SSSR count). The fourth-order valence-corrected chi connectivity index (χ4v) is 3.43. The van der Waals surface area contributed by atoms with Gasteiger partial charge in [0.25, 0.3) is 0 Å². The smallest absolute Gasteiger partial charge is 0.224 e. The number of hydrogen-bond acceptors (Lipinski definition) is 5. The Morgan fingerprint density at radius 2 is 1.93 bits per heavy atom. The number of carbonyl (C=O) groups is 1. The highest BCUT2D eigenvalue weighted by Crippen LogP contribution is 2.22. The molecule has 0 radical (unpaired) electrons. The largest absolute Gasteiger partial charge is 0.396 e. The van der Waals surface area contributed by atoms with E-state index in [4.69, 9.17) is 0 Å². The van der Waals surface area contributed by atoms with E-state index in [2.05, 4.69) is 46.4 Å². The topological polar surface area (TPSA) is 78.4 Å². The van der Waals surface area contributed by atoms with E-state index in [0.717, 1.165) is 17.1 Å². The first-order valence-electron chi connectivity index (χ1n) is 9.50. The first-order valence-corrected chi connectivity index (χ1v) is 9.50. The van der Waals surface area contributed by atoms with Crippen LogP contribution in [0.15, 0.2) is 36.4 Å². The number of nitrogens with zero attached hydrogens (tertiary/aromatic N) is 3. The molecule has 1 aliphatic rings. The molecule has 144 valence electrons. The molecular formula is C21H28N4O2. The van der Waals surface area contributed by atoms with Crippen molar-refractivity contribution < 1.29 is 9.90 Å². The van der Waals surface area contributed by atoms with E-state index in [1.807, 2.05) is 31.2 Å². The van der Waals surface area contributed by atoms with Gasteiger partial charge >= 0.3 is 0 Å². The van der Waals surface area contributed by atoms with E-state index in [0.29, 0.717) is 25.4 Å². The molecule has 1 saturated heterocycles. The molecule has 2 N–H and O–H groups in total. The summed E-state index contributed by atoms with van der Waals surface area (Å²) < 4.78 is 0. The summed E-state index contributed by atoms with van der Waals surface area (Å²) >= 11 is 0. The summed E-state index contributed by atoms with van der Waals surface area (Å²) in [5.74, 6) is 1.22. The average molecular weight is 368 g/mol. The lowest BCUT2D eigenvalue weighted by Gasteiger charge is -2.18. The minimum atomic E-state index is -0.0967. The average Bonchev–Trinajstić information content (AvgIpc) is 3.05. The first-order chi connectivity index (χ1) is 13.0. The molecule has 1 aromatic heterocycles. The Hall–Kier alpha value is -2.47. The van der Waals surface area contributed by atoms with Gasteiger partial charge in [-0.2, -0.15) is 5.10 Å². The predicted octanol–water partition coefficient (Wildman–Crippen LogP) is 2.06. The van der Waals surface area contributed by atoms with E-state index in [9.17, 15) is 9.90 Å². The van der Waals surface area contributed by atoms with Crippen molar-refractivity contribution in [3.8, 4) is 0 Å². The Bertz CT molecular complexity index is 759. The summed E-state index contributed by atoms with van der Waals surface area (Å²) in [4.78, 5) is 14.6. The maximum absolute atomic E-state index is 12.5. The second-order valence-electron chi connectivity index (χ2n) is 7.63. The van der Waals surface area contributed by atoms with Gasteiger partial charge in [0.15, 0.2) is 5.82 Å². The highest BCUT2D eigenvalue weighted by Gasteiger charge is 2.34. The van der Waals surface area contributed by atoms with Crippen LogP contribution in [-0.4, -0.2) is 46.9 Å². The quantitative estimate of drug-likeness (QED) is 0.816. The summed E-state index contributed by atoms with van der Waals surface area (Å²) in [5.41, 5.74) is 3.13. The molecule has 2 aromatic rings. The molecule has 2 atom stereocenters. The third-order valence-electron chi connectivity index (χ3n) is 5.14. The molecule has 2 heterocycles. The van der Waals surface area contributed by atoms with Crippen LogP contribution in [0.2, 0.25) is 0 Å². The zero-order valence-electron chi connectivity index (χ0n) is 16.2. The molecule has 27 heavy (non-hydrogen) atoms. The first kappa shape index (κ1) is 19.3. The zero-order valence-corrected chi connectivity index (χ0v) is 16.2. The second-order valence-corrected chi connectivity index (χ2v) is 7.63. The van der Waals surface area contributed by atoms with Gasteiger partial charge in [-0.3, -0.25) is 4.79 Å². The molecule has 6 heteroatoms. The maximum Gasteiger partial charge on any atom is 0.224 e. The summed E-state index contributed by atoms with van der Waals surface area (Å²) in [6.07, 6.45) is 0.345. The summed E-state index contributed by atoms with van der Waals surface area (Å²) in [5, 5.41) is 21.1. The lowest BCUT2D eigenvalue weighted by atomic mass is 10.0. The summed E-state index contributed by atoms with van der Waals surface area (Å²) in [6, 6.07) is 11.9. The minimum absolute atomic E-state index is 0.0135. The van der Waals surface area contributed by atoms with E-state index in [1.54, 1.807) is 0 Å². The number of benzene rings is 1. The van der Waals surface area contributed by atoms with Crippen LogP contribution in [0.25, 0.3) is 0 Å². The zero-order chi connectivity index (χ0) is 19.4. The van der Waals surface area contributed by atoms with Crippen molar-refractivity contribution in [1.82, 2.24) is 15.5 Å². The molecule has 0 saturated carbocycles. The van der Waals surface area contributed by atoms with Crippen molar-refractivity contribution in [1.29, 1.82) is 0 Å². The molecular weight excluding hydrogens is 340 g/mol. The number of hydrogen-bond donors (Lipinski definition) is 2. The van der Waals surface area contributed by atoms with Crippen LogP contribution in [0.4, 0.5) is 5.82 Å². The summed E-state index contributed by atoms with van der Waals surface area (Å²) in [6.45, 7) is 7.52. The van der Waals surface area contributed by atoms with Crippen LogP contribution in [0, 0.1) is 12.8 Å².